The molecule has 3 nitrogen and oxygen atoms in total. The number of amides is 1. The number of rotatable bonds is 4. The first-order chi connectivity index (χ1) is 5.61. The third-order valence-corrected chi connectivity index (χ3v) is 1.21. The average Bonchev–Trinajstić information content (AvgIpc) is 2.03. The van der Waals surface area contributed by atoms with Gasteiger partial charge in [0, 0.05) is 0 Å². The quantitative estimate of drug-likeness (QED) is 0.665. The normalized spacial score (nSPS) is 12.3. The minimum absolute atomic E-state index is 0.0206. The lowest BCUT2D eigenvalue weighted by molar-refractivity contribution is 0.0915. The molecule has 0 fully saturated rings. The van der Waals surface area contributed by atoms with Crippen LogP contribution >= 0.6 is 0 Å². The lowest BCUT2D eigenvalue weighted by Crippen LogP contribution is -2.39. The molecule has 0 heterocycles. The van der Waals surface area contributed by atoms with E-state index in [1.165, 1.54) is 6.08 Å². The fourth-order valence-electron chi connectivity index (χ4n) is 0.615. The summed E-state index contributed by atoms with van der Waals surface area (Å²) in [6.45, 7) is 3.29. The van der Waals surface area contributed by atoms with Gasteiger partial charge in [0.2, 0.25) is 0 Å². The van der Waals surface area contributed by atoms with Crippen LogP contribution in [0, 0.1) is 0 Å². The van der Waals surface area contributed by atoms with Crippen molar-refractivity contribution in [1.29, 1.82) is 0 Å². The second-order valence-electron chi connectivity index (χ2n) is 2.10. The topological polar surface area (TPSA) is 38.3 Å². The van der Waals surface area contributed by atoms with E-state index >= 15 is 0 Å². The van der Waals surface area contributed by atoms with Crippen LogP contribution in [-0.4, -0.2) is 25.7 Å². The largest absolute Gasteiger partial charge is 0.453 e. The van der Waals surface area contributed by atoms with E-state index < -0.39 is 18.6 Å². The minimum atomic E-state index is -2.61. The maximum Gasteiger partial charge on any atom is 0.407 e. The lowest BCUT2D eigenvalue weighted by Gasteiger charge is -2.14. The summed E-state index contributed by atoms with van der Waals surface area (Å²) in [6.07, 6.45) is -2.14. The number of hydrogen-bond acceptors (Lipinski definition) is 2. The molecule has 70 valence electrons. The molecule has 0 aromatic rings. The van der Waals surface area contributed by atoms with E-state index in [0.29, 0.717) is 0 Å². The van der Waals surface area contributed by atoms with Gasteiger partial charge in [0.25, 0.3) is 6.43 Å². The van der Waals surface area contributed by atoms with Gasteiger partial charge in [-0.25, -0.2) is 13.6 Å². The summed E-state index contributed by atoms with van der Waals surface area (Å²) in [4.78, 5) is 10.5. The SMILES string of the molecule is C=CCC(NC(=O)OC)C(F)F. The van der Waals surface area contributed by atoms with Gasteiger partial charge in [0.15, 0.2) is 0 Å². The number of methoxy groups -OCH3 is 1. The van der Waals surface area contributed by atoms with Crippen LogP contribution in [0.15, 0.2) is 12.7 Å². The van der Waals surface area contributed by atoms with Crippen LogP contribution in [0.1, 0.15) is 6.42 Å². The molecule has 1 unspecified atom stereocenters. The molecule has 0 radical (unpaired) electrons. The molecule has 0 bridgehead atoms. The number of alkyl carbamates (subject to hydrolysis) is 1. The third-order valence-electron chi connectivity index (χ3n) is 1.21. The van der Waals surface area contributed by atoms with Crippen molar-refractivity contribution < 1.29 is 18.3 Å². The van der Waals surface area contributed by atoms with Crippen molar-refractivity contribution in [3.05, 3.63) is 12.7 Å². The van der Waals surface area contributed by atoms with Crippen LogP contribution in [0.2, 0.25) is 0 Å². The zero-order chi connectivity index (χ0) is 9.56. The van der Waals surface area contributed by atoms with Crippen molar-refractivity contribution in [3.8, 4) is 0 Å². The predicted octanol–water partition coefficient (Wildman–Crippen LogP) is 1.55. The highest BCUT2D eigenvalue weighted by molar-refractivity contribution is 5.67. The van der Waals surface area contributed by atoms with Gasteiger partial charge < -0.3 is 10.1 Å². The van der Waals surface area contributed by atoms with Crippen LogP contribution in [0.25, 0.3) is 0 Å². The van der Waals surface area contributed by atoms with Gasteiger partial charge in [-0.15, -0.1) is 6.58 Å². The highest BCUT2D eigenvalue weighted by atomic mass is 19.3. The Bertz CT molecular complexity index is 161. The van der Waals surface area contributed by atoms with Gasteiger partial charge >= 0.3 is 6.09 Å². The highest BCUT2D eigenvalue weighted by Gasteiger charge is 2.20. The molecular weight excluding hydrogens is 168 g/mol. The Hall–Kier alpha value is -1.13. The van der Waals surface area contributed by atoms with Gasteiger partial charge in [-0.3, -0.25) is 0 Å². The van der Waals surface area contributed by atoms with Crippen molar-refractivity contribution in [2.75, 3.05) is 7.11 Å². The molecule has 0 saturated carbocycles. The van der Waals surface area contributed by atoms with Crippen LogP contribution in [0.3, 0.4) is 0 Å². The van der Waals surface area contributed by atoms with Crippen LogP contribution < -0.4 is 5.32 Å². The van der Waals surface area contributed by atoms with Crippen LogP contribution in [0.4, 0.5) is 13.6 Å². The first-order valence-corrected chi connectivity index (χ1v) is 3.35. The molecule has 5 heteroatoms. The molecule has 0 aromatic carbocycles. The highest BCUT2D eigenvalue weighted by Crippen LogP contribution is 2.05. The van der Waals surface area contributed by atoms with Gasteiger partial charge in [-0.2, -0.15) is 0 Å². The summed E-state index contributed by atoms with van der Waals surface area (Å²) < 4.78 is 28.3. The number of nitrogens with one attached hydrogen (secondary N) is 1. The van der Waals surface area contributed by atoms with Crippen molar-refractivity contribution >= 4 is 6.09 Å². The molecule has 0 saturated heterocycles. The second-order valence-corrected chi connectivity index (χ2v) is 2.10. The maximum absolute atomic E-state index is 12.1. The first kappa shape index (κ1) is 10.9. The van der Waals surface area contributed by atoms with Crippen molar-refractivity contribution in [2.45, 2.75) is 18.9 Å². The van der Waals surface area contributed by atoms with E-state index in [0.717, 1.165) is 7.11 Å². The molecule has 12 heavy (non-hydrogen) atoms. The molecule has 0 aliphatic rings. The summed E-state index contributed by atoms with van der Waals surface area (Å²) in [7, 11) is 1.12. The van der Waals surface area contributed by atoms with Crippen molar-refractivity contribution in [2.24, 2.45) is 0 Å². The van der Waals surface area contributed by atoms with E-state index in [-0.39, 0.29) is 6.42 Å². The van der Waals surface area contributed by atoms with Gasteiger partial charge in [-0.05, 0) is 6.42 Å². The Morgan fingerprint density at radius 3 is 2.67 bits per heavy atom. The van der Waals surface area contributed by atoms with Crippen LogP contribution in [-0.2, 0) is 4.74 Å². The zero-order valence-electron chi connectivity index (χ0n) is 6.72. The summed E-state index contributed by atoms with van der Waals surface area (Å²) in [6, 6.07) is -1.21. The Morgan fingerprint density at radius 2 is 2.33 bits per heavy atom. The predicted molar refractivity (Wildman–Crippen MR) is 40.1 cm³/mol. The maximum atomic E-state index is 12.1. The molecule has 1 atom stereocenters. The first-order valence-electron chi connectivity index (χ1n) is 3.35. The fraction of sp³-hybridized carbons (Fsp3) is 0.571. The monoisotopic (exact) mass is 179 g/mol. The molecule has 0 aliphatic carbocycles. The van der Waals surface area contributed by atoms with Gasteiger partial charge in [0.05, 0.1) is 13.2 Å². The summed E-state index contributed by atoms with van der Waals surface area (Å²) in [5.74, 6) is 0. The summed E-state index contributed by atoms with van der Waals surface area (Å²) in [5.41, 5.74) is 0. The van der Waals surface area contributed by atoms with Crippen molar-refractivity contribution in [1.82, 2.24) is 5.32 Å². The minimum Gasteiger partial charge on any atom is -0.453 e. The standard InChI is InChI=1S/C7H11F2NO2/c1-3-4-5(6(8)9)10-7(11)12-2/h3,5-6H,1,4H2,2H3,(H,10,11). The number of halogens is 2. The van der Waals surface area contributed by atoms with E-state index in [1.807, 2.05) is 5.32 Å². The van der Waals surface area contributed by atoms with E-state index in [1.54, 1.807) is 0 Å². The summed E-state index contributed by atoms with van der Waals surface area (Å²) in [5, 5.41) is 1.98. The molecule has 0 spiro atoms. The molecule has 0 rings (SSSR count). The average molecular weight is 179 g/mol. The fourth-order valence-corrected chi connectivity index (χ4v) is 0.615. The Labute approximate surface area is 69.4 Å². The number of ether oxygens (including phenoxy) is 1. The number of carbonyl (C=O) groups is 1. The number of carbonyl (C=O) groups excluding carboxylic acids is 1. The third kappa shape index (κ3) is 3.90. The molecule has 1 N–H and O–H groups in total. The van der Waals surface area contributed by atoms with Gasteiger partial charge in [-0.1, -0.05) is 6.08 Å². The van der Waals surface area contributed by atoms with Crippen molar-refractivity contribution in [3.63, 3.8) is 0 Å². The Kier molecular flexibility index (Phi) is 4.99. The Balaban J connectivity index is 3.94. The molecule has 1 amide bonds. The molecule has 0 aromatic heterocycles. The Morgan fingerprint density at radius 1 is 1.75 bits per heavy atom. The van der Waals surface area contributed by atoms with E-state index in [9.17, 15) is 13.6 Å². The molecule has 0 aliphatic heterocycles. The van der Waals surface area contributed by atoms with E-state index in [2.05, 4.69) is 11.3 Å². The number of alkyl halides is 2. The van der Waals surface area contributed by atoms with Crippen LogP contribution in [0.5, 0.6) is 0 Å². The lowest BCUT2D eigenvalue weighted by atomic mass is 10.2. The second kappa shape index (κ2) is 5.51. The molecular formula is C7H11F2NO2. The summed E-state index contributed by atoms with van der Waals surface area (Å²) >= 11 is 0. The number of hydrogen-bond donors (Lipinski definition) is 1. The van der Waals surface area contributed by atoms with E-state index in [4.69, 9.17) is 0 Å². The van der Waals surface area contributed by atoms with Gasteiger partial charge in [0.1, 0.15) is 0 Å². The smallest absolute Gasteiger partial charge is 0.407 e. The zero-order valence-corrected chi connectivity index (χ0v) is 6.72.